The molecule has 36 heavy (non-hydrogen) atoms. The second-order valence-electron chi connectivity index (χ2n) is 8.85. The Bertz CT molecular complexity index is 1210. The monoisotopic (exact) mass is 488 g/mol. The number of carbonyl (C=O) groups is 2. The van der Waals surface area contributed by atoms with Crippen molar-refractivity contribution >= 4 is 17.5 Å². The van der Waals surface area contributed by atoms with E-state index in [4.69, 9.17) is 14.2 Å². The largest absolute Gasteiger partial charge is 0.497 e. The molecule has 0 bridgehead atoms. The Hall–Kier alpha value is -4.00. The maximum absolute atomic E-state index is 13.2. The number of nitrogens with one attached hydrogen (secondary N) is 2. The first-order chi connectivity index (χ1) is 17.5. The number of amides is 2. The van der Waals surface area contributed by atoms with Crippen LogP contribution < -0.4 is 24.8 Å². The molecule has 7 nitrogen and oxygen atoms in total. The van der Waals surface area contributed by atoms with Gasteiger partial charge in [-0.05, 0) is 73.0 Å². The molecule has 1 saturated carbocycles. The molecule has 0 spiro atoms. The van der Waals surface area contributed by atoms with Gasteiger partial charge in [-0.15, -0.1) is 0 Å². The molecule has 3 aromatic rings. The minimum Gasteiger partial charge on any atom is -0.497 e. The molecule has 0 saturated heterocycles. The Labute approximate surface area is 211 Å². The van der Waals surface area contributed by atoms with Gasteiger partial charge in [-0.2, -0.15) is 0 Å². The molecule has 2 amide bonds. The zero-order chi connectivity index (χ0) is 25.5. The van der Waals surface area contributed by atoms with E-state index in [9.17, 15) is 9.59 Å². The van der Waals surface area contributed by atoms with Gasteiger partial charge in [0.1, 0.15) is 5.75 Å². The van der Waals surface area contributed by atoms with Gasteiger partial charge in [-0.3, -0.25) is 9.59 Å². The second-order valence-corrected chi connectivity index (χ2v) is 8.85. The number of hydrogen-bond acceptors (Lipinski definition) is 5. The third-order valence-corrected chi connectivity index (χ3v) is 6.65. The summed E-state index contributed by atoms with van der Waals surface area (Å²) in [4.78, 5) is 26.0. The highest BCUT2D eigenvalue weighted by Crippen LogP contribution is 2.37. The molecule has 0 heterocycles. The molecule has 3 aromatic carbocycles. The molecule has 2 unspecified atom stereocenters. The van der Waals surface area contributed by atoms with Gasteiger partial charge in [0.15, 0.2) is 11.5 Å². The molecule has 4 rings (SSSR count). The third-order valence-electron chi connectivity index (χ3n) is 6.65. The minimum absolute atomic E-state index is 0.0128. The van der Waals surface area contributed by atoms with Crippen molar-refractivity contribution < 1.29 is 23.8 Å². The highest BCUT2D eigenvalue weighted by molar-refractivity contribution is 6.06. The quantitative estimate of drug-likeness (QED) is 0.442. The molecule has 0 aliphatic heterocycles. The number of rotatable bonds is 8. The van der Waals surface area contributed by atoms with Crippen LogP contribution in [0.3, 0.4) is 0 Å². The molecular weight excluding hydrogens is 456 g/mol. The van der Waals surface area contributed by atoms with Gasteiger partial charge in [-0.25, -0.2) is 0 Å². The second kappa shape index (κ2) is 11.6. The lowest BCUT2D eigenvalue weighted by molar-refractivity contribution is 0.0920. The van der Waals surface area contributed by atoms with Crippen LogP contribution in [0.15, 0.2) is 66.7 Å². The summed E-state index contributed by atoms with van der Waals surface area (Å²) in [7, 11) is 4.83. The van der Waals surface area contributed by atoms with E-state index in [1.54, 1.807) is 69.9 Å². The number of benzene rings is 3. The van der Waals surface area contributed by atoms with E-state index in [2.05, 4.69) is 10.6 Å². The lowest BCUT2D eigenvalue weighted by Crippen LogP contribution is -2.41. The number of ether oxygens (including phenoxy) is 3. The normalized spacial score (nSPS) is 17.1. The lowest BCUT2D eigenvalue weighted by Gasteiger charge is -2.33. The van der Waals surface area contributed by atoms with Crippen molar-refractivity contribution in [3.8, 4) is 17.2 Å². The van der Waals surface area contributed by atoms with Gasteiger partial charge in [-0.1, -0.05) is 25.0 Å². The predicted molar refractivity (Wildman–Crippen MR) is 139 cm³/mol. The smallest absolute Gasteiger partial charge is 0.255 e. The van der Waals surface area contributed by atoms with Crippen LogP contribution in [0, 0.1) is 0 Å². The highest BCUT2D eigenvalue weighted by Gasteiger charge is 2.29. The van der Waals surface area contributed by atoms with Gasteiger partial charge in [0.2, 0.25) is 0 Å². The topological polar surface area (TPSA) is 85.9 Å². The molecule has 1 aliphatic rings. The summed E-state index contributed by atoms with van der Waals surface area (Å²) in [5.74, 6) is 1.77. The Kier molecular flexibility index (Phi) is 8.10. The van der Waals surface area contributed by atoms with Crippen LogP contribution in [0.5, 0.6) is 17.2 Å². The van der Waals surface area contributed by atoms with Gasteiger partial charge in [0, 0.05) is 28.8 Å². The third kappa shape index (κ3) is 5.79. The van der Waals surface area contributed by atoms with E-state index in [-0.39, 0.29) is 23.8 Å². The average Bonchev–Trinajstić information content (AvgIpc) is 2.93. The first-order valence-electron chi connectivity index (χ1n) is 12.1. The van der Waals surface area contributed by atoms with Gasteiger partial charge >= 0.3 is 0 Å². The molecule has 2 atom stereocenters. The van der Waals surface area contributed by atoms with Crippen molar-refractivity contribution in [2.24, 2.45) is 0 Å². The Balaban J connectivity index is 1.47. The minimum atomic E-state index is -0.282. The molecule has 188 valence electrons. The fourth-order valence-corrected chi connectivity index (χ4v) is 4.72. The van der Waals surface area contributed by atoms with E-state index in [1.165, 1.54) is 0 Å². The first kappa shape index (κ1) is 25.1. The fraction of sp³-hybridized carbons (Fsp3) is 0.310. The number of methoxy groups -OCH3 is 3. The lowest BCUT2D eigenvalue weighted by atomic mass is 9.79. The SMILES string of the molecule is COc1ccc(NC(=O)c2cccc(C(=O)NC3CCCCC3c3ccc(OC)c(OC)c3)c2)cc1. The zero-order valence-electron chi connectivity index (χ0n) is 20.9. The zero-order valence-corrected chi connectivity index (χ0v) is 20.9. The van der Waals surface area contributed by atoms with E-state index in [0.717, 1.165) is 31.2 Å². The van der Waals surface area contributed by atoms with Crippen LogP contribution in [0.4, 0.5) is 5.69 Å². The van der Waals surface area contributed by atoms with Crippen LogP contribution >= 0.6 is 0 Å². The van der Waals surface area contributed by atoms with Crippen LogP contribution in [0.1, 0.15) is 57.9 Å². The number of carbonyl (C=O) groups excluding carboxylic acids is 2. The number of hydrogen-bond donors (Lipinski definition) is 2. The summed E-state index contributed by atoms with van der Waals surface area (Å²) in [5.41, 5.74) is 2.63. The van der Waals surface area contributed by atoms with Crippen molar-refractivity contribution in [1.29, 1.82) is 0 Å². The van der Waals surface area contributed by atoms with Crippen LogP contribution in [0.2, 0.25) is 0 Å². The fourth-order valence-electron chi connectivity index (χ4n) is 4.72. The summed E-state index contributed by atoms with van der Waals surface area (Å²) < 4.78 is 16.0. The predicted octanol–water partition coefficient (Wildman–Crippen LogP) is 5.42. The summed E-state index contributed by atoms with van der Waals surface area (Å²) in [6.07, 6.45) is 4.03. The first-order valence-corrected chi connectivity index (χ1v) is 12.1. The van der Waals surface area contributed by atoms with Crippen molar-refractivity contribution in [2.45, 2.75) is 37.6 Å². The van der Waals surface area contributed by atoms with E-state index in [1.807, 2.05) is 18.2 Å². The summed E-state index contributed by atoms with van der Waals surface area (Å²) in [6.45, 7) is 0. The molecule has 2 N–H and O–H groups in total. The Morgan fingerprint density at radius 2 is 1.44 bits per heavy atom. The van der Waals surface area contributed by atoms with Crippen molar-refractivity contribution in [3.63, 3.8) is 0 Å². The maximum atomic E-state index is 13.2. The average molecular weight is 489 g/mol. The van der Waals surface area contributed by atoms with E-state index in [0.29, 0.717) is 34.1 Å². The van der Waals surface area contributed by atoms with Gasteiger partial charge < -0.3 is 24.8 Å². The molecule has 0 radical (unpaired) electrons. The molecule has 1 fully saturated rings. The number of anilines is 1. The molecule has 0 aromatic heterocycles. The molecule has 1 aliphatic carbocycles. The maximum Gasteiger partial charge on any atom is 0.255 e. The Morgan fingerprint density at radius 3 is 2.14 bits per heavy atom. The van der Waals surface area contributed by atoms with Crippen LogP contribution in [-0.4, -0.2) is 39.2 Å². The summed E-state index contributed by atoms with van der Waals surface area (Å²) in [6, 6.07) is 19.8. The van der Waals surface area contributed by atoms with Crippen molar-refractivity contribution in [1.82, 2.24) is 5.32 Å². The highest BCUT2D eigenvalue weighted by atomic mass is 16.5. The molecular formula is C29H32N2O5. The van der Waals surface area contributed by atoms with Crippen molar-refractivity contribution in [3.05, 3.63) is 83.4 Å². The summed E-state index contributed by atoms with van der Waals surface area (Å²) >= 11 is 0. The standard InChI is InChI=1S/C29H32N2O5/c1-34-23-14-12-22(13-15-23)30-28(32)20-7-6-8-21(17-20)29(33)31-25-10-5-4-9-24(25)19-11-16-26(35-2)27(18-19)36-3/h6-8,11-18,24-25H,4-5,9-10H2,1-3H3,(H,30,32)(H,31,33). The van der Waals surface area contributed by atoms with Crippen molar-refractivity contribution in [2.75, 3.05) is 26.6 Å². The van der Waals surface area contributed by atoms with Crippen LogP contribution in [-0.2, 0) is 0 Å². The van der Waals surface area contributed by atoms with E-state index >= 15 is 0 Å². The Morgan fingerprint density at radius 1 is 0.750 bits per heavy atom. The van der Waals surface area contributed by atoms with Crippen LogP contribution in [0.25, 0.3) is 0 Å². The summed E-state index contributed by atoms with van der Waals surface area (Å²) in [5, 5.41) is 6.08. The molecule has 7 heteroatoms. The van der Waals surface area contributed by atoms with Gasteiger partial charge in [0.25, 0.3) is 11.8 Å². The van der Waals surface area contributed by atoms with Gasteiger partial charge in [0.05, 0.1) is 21.3 Å². The van der Waals surface area contributed by atoms with E-state index < -0.39 is 0 Å².